The van der Waals surface area contributed by atoms with Crippen molar-refractivity contribution in [3.8, 4) is 5.75 Å². The van der Waals surface area contributed by atoms with Crippen molar-refractivity contribution in [1.29, 1.82) is 0 Å². The van der Waals surface area contributed by atoms with Gasteiger partial charge in [-0.15, -0.1) is 11.3 Å². The van der Waals surface area contributed by atoms with E-state index in [1.54, 1.807) is 11.8 Å². The summed E-state index contributed by atoms with van der Waals surface area (Å²) in [5.74, 6) is 0.379. The smallest absolute Gasteiger partial charge is 0.267 e. The van der Waals surface area contributed by atoms with E-state index in [0.29, 0.717) is 23.1 Å². The Morgan fingerprint density at radius 2 is 2.16 bits per heavy atom. The van der Waals surface area contributed by atoms with E-state index in [2.05, 4.69) is 10.3 Å². The van der Waals surface area contributed by atoms with Gasteiger partial charge in [0, 0.05) is 17.8 Å². The third-order valence-electron chi connectivity index (χ3n) is 4.11. The fourth-order valence-corrected chi connectivity index (χ4v) is 3.71. The zero-order valence-electron chi connectivity index (χ0n) is 14.5. The number of nitrogens with one attached hydrogen (secondary N) is 1. The number of hydrogen-bond acceptors (Lipinski definition) is 5. The lowest BCUT2D eigenvalue weighted by Crippen LogP contribution is -2.45. The summed E-state index contributed by atoms with van der Waals surface area (Å²) < 4.78 is 5.60. The zero-order valence-corrected chi connectivity index (χ0v) is 15.4. The van der Waals surface area contributed by atoms with Gasteiger partial charge in [0.1, 0.15) is 5.75 Å². The van der Waals surface area contributed by atoms with E-state index in [0.717, 1.165) is 17.0 Å². The molecule has 1 aliphatic rings. The number of amides is 2. The van der Waals surface area contributed by atoms with Gasteiger partial charge in [-0.05, 0) is 32.4 Å². The first-order valence-electron chi connectivity index (χ1n) is 8.32. The fourth-order valence-electron chi connectivity index (χ4n) is 2.79. The number of aryl methyl sites for hydroxylation is 2. The number of benzene rings is 1. The Balaban J connectivity index is 1.66. The second kappa shape index (κ2) is 7.23. The molecule has 0 saturated carbocycles. The maximum atomic E-state index is 12.4. The van der Waals surface area contributed by atoms with Crippen molar-refractivity contribution in [3.05, 3.63) is 34.8 Å². The largest absolute Gasteiger partial charge is 0.479 e. The molecule has 2 aromatic rings. The second-order valence-corrected chi connectivity index (χ2v) is 7.09. The molecule has 1 aliphatic heterocycles. The van der Waals surface area contributed by atoms with Crippen LogP contribution in [0.2, 0.25) is 0 Å². The molecule has 0 unspecified atom stereocenters. The monoisotopic (exact) mass is 359 g/mol. The van der Waals surface area contributed by atoms with Crippen molar-refractivity contribution in [3.63, 3.8) is 0 Å². The van der Waals surface area contributed by atoms with Crippen LogP contribution in [0.25, 0.3) is 0 Å². The summed E-state index contributed by atoms with van der Waals surface area (Å²) in [5, 5.41) is 3.44. The lowest BCUT2D eigenvalue weighted by molar-refractivity contribution is -0.125. The van der Waals surface area contributed by atoms with E-state index >= 15 is 0 Å². The van der Waals surface area contributed by atoms with Gasteiger partial charge in [0.2, 0.25) is 5.91 Å². The Hall–Kier alpha value is -2.41. The molecule has 1 aromatic carbocycles. The standard InChI is InChI=1S/C18H21N3O3S/c1-4-13-12(3)25-18(19-13)20-16(22)9-10-21-14-7-5-6-8-15(14)24-11(2)17(21)23/h5-8,11H,4,9-10H2,1-3H3,(H,19,20,22)/t11-/m0/s1. The van der Waals surface area contributed by atoms with E-state index in [1.807, 2.05) is 38.1 Å². The molecule has 2 heterocycles. The van der Waals surface area contributed by atoms with Crippen LogP contribution in [0.5, 0.6) is 5.75 Å². The average Bonchev–Trinajstić information content (AvgIpc) is 2.94. The van der Waals surface area contributed by atoms with Crippen molar-refractivity contribution in [2.45, 2.75) is 39.7 Å². The summed E-state index contributed by atoms with van der Waals surface area (Å²) in [7, 11) is 0. The summed E-state index contributed by atoms with van der Waals surface area (Å²) in [6.45, 7) is 6.06. The highest BCUT2D eigenvalue weighted by atomic mass is 32.1. The average molecular weight is 359 g/mol. The summed E-state index contributed by atoms with van der Waals surface area (Å²) in [5.41, 5.74) is 1.71. The zero-order chi connectivity index (χ0) is 18.0. The highest BCUT2D eigenvalue weighted by Crippen LogP contribution is 2.33. The minimum Gasteiger partial charge on any atom is -0.479 e. The number of fused-ring (bicyclic) bond motifs is 1. The Morgan fingerprint density at radius 3 is 2.88 bits per heavy atom. The second-order valence-electron chi connectivity index (χ2n) is 5.89. The minimum absolute atomic E-state index is 0.134. The van der Waals surface area contributed by atoms with Gasteiger partial charge in [0.25, 0.3) is 5.91 Å². The van der Waals surface area contributed by atoms with Crippen molar-refractivity contribution in [2.24, 2.45) is 0 Å². The third kappa shape index (κ3) is 3.66. The molecule has 6 nitrogen and oxygen atoms in total. The number of carbonyl (C=O) groups excluding carboxylic acids is 2. The number of rotatable bonds is 5. The van der Waals surface area contributed by atoms with Crippen LogP contribution < -0.4 is 15.0 Å². The molecule has 0 spiro atoms. The number of para-hydroxylation sites is 2. The summed E-state index contributed by atoms with van der Waals surface area (Å²) in [4.78, 5) is 31.8. The maximum absolute atomic E-state index is 12.4. The fraction of sp³-hybridized carbons (Fsp3) is 0.389. The molecular formula is C18H21N3O3S. The van der Waals surface area contributed by atoms with Crippen molar-refractivity contribution in [2.75, 3.05) is 16.8 Å². The molecule has 7 heteroatoms. The van der Waals surface area contributed by atoms with Crippen LogP contribution in [0, 0.1) is 6.92 Å². The first-order chi connectivity index (χ1) is 12.0. The molecular weight excluding hydrogens is 338 g/mol. The van der Waals surface area contributed by atoms with Crippen LogP contribution in [-0.4, -0.2) is 29.4 Å². The molecule has 0 aliphatic carbocycles. The quantitative estimate of drug-likeness (QED) is 0.890. The van der Waals surface area contributed by atoms with Crippen LogP contribution in [0.4, 0.5) is 10.8 Å². The van der Waals surface area contributed by atoms with E-state index in [-0.39, 0.29) is 18.2 Å². The van der Waals surface area contributed by atoms with E-state index < -0.39 is 6.10 Å². The van der Waals surface area contributed by atoms with Crippen LogP contribution in [0.3, 0.4) is 0 Å². The van der Waals surface area contributed by atoms with E-state index in [9.17, 15) is 9.59 Å². The van der Waals surface area contributed by atoms with Gasteiger partial charge in [-0.1, -0.05) is 19.1 Å². The lowest BCUT2D eigenvalue weighted by Gasteiger charge is -2.32. The lowest BCUT2D eigenvalue weighted by atomic mass is 10.1. The van der Waals surface area contributed by atoms with Gasteiger partial charge in [0.15, 0.2) is 11.2 Å². The van der Waals surface area contributed by atoms with Crippen molar-refractivity contribution < 1.29 is 14.3 Å². The van der Waals surface area contributed by atoms with Crippen molar-refractivity contribution >= 4 is 34.0 Å². The first-order valence-corrected chi connectivity index (χ1v) is 9.14. The molecule has 132 valence electrons. The number of carbonyl (C=O) groups is 2. The molecule has 0 radical (unpaired) electrons. The number of aromatic nitrogens is 1. The molecule has 25 heavy (non-hydrogen) atoms. The van der Waals surface area contributed by atoms with Gasteiger partial charge >= 0.3 is 0 Å². The van der Waals surface area contributed by atoms with Gasteiger partial charge in [0.05, 0.1) is 11.4 Å². The third-order valence-corrected chi connectivity index (χ3v) is 5.04. The van der Waals surface area contributed by atoms with Gasteiger partial charge in [-0.2, -0.15) is 0 Å². The number of nitrogens with zero attached hydrogens (tertiary/aromatic N) is 2. The van der Waals surface area contributed by atoms with Crippen LogP contribution in [-0.2, 0) is 16.0 Å². The van der Waals surface area contributed by atoms with Gasteiger partial charge in [-0.3, -0.25) is 9.59 Å². The Labute approximate surface area is 150 Å². The van der Waals surface area contributed by atoms with Crippen LogP contribution in [0.1, 0.15) is 30.8 Å². The van der Waals surface area contributed by atoms with Crippen molar-refractivity contribution in [1.82, 2.24) is 4.98 Å². The highest BCUT2D eigenvalue weighted by molar-refractivity contribution is 7.15. The summed E-state index contributed by atoms with van der Waals surface area (Å²) in [6.07, 6.45) is 0.494. The summed E-state index contributed by atoms with van der Waals surface area (Å²) in [6, 6.07) is 7.37. The number of ether oxygens (including phenoxy) is 1. The van der Waals surface area contributed by atoms with Gasteiger partial charge < -0.3 is 15.0 Å². The van der Waals surface area contributed by atoms with Gasteiger partial charge in [-0.25, -0.2) is 4.98 Å². The molecule has 2 amide bonds. The minimum atomic E-state index is -0.549. The number of hydrogen-bond donors (Lipinski definition) is 1. The molecule has 0 bridgehead atoms. The normalized spacial score (nSPS) is 16.4. The topological polar surface area (TPSA) is 71.5 Å². The Kier molecular flexibility index (Phi) is 5.03. The maximum Gasteiger partial charge on any atom is 0.267 e. The number of thiazole rings is 1. The molecule has 0 fully saturated rings. The first kappa shape index (κ1) is 17.4. The van der Waals surface area contributed by atoms with E-state index in [4.69, 9.17) is 4.74 Å². The molecule has 1 aromatic heterocycles. The van der Waals surface area contributed by atoms with Crippen LogP contribution >= 0.6 is 11.3 Å². The summed E-state index contributed by atoms with van der Waals surface area (Å²) >= 11 is 1.47. The SMILES string of the molecule is CCc1nc(NC(=O)CCN2C(=O)[C@H](C)Oc3ccccc32)sc1C. The predicted octanol–water partition coefficient (Wildman–Crippen LogP) is 3.16. The molecule has 1 N–H and O–H groups in total. The molecule has 1 atom stereocenters. The van der Waals surface area contributed by atoms with E-state index in [1.165, 1.54) is 11.3 Å². The predicted molar refractivity (Wildman–Crippen MR) is 98.4 cm³/mol. The Bertz CT molecular complexity index is 803. The van der Waals surface area contributed by atoms with Crippen LogP contribution in [0.15, 0.2) is 24.3 Å². The number of anilines is 2. The Morgan fingerprint density at radius 1 is 1.40 bits per heavy atom. The highest BCUT2D eigenvalue weighted by Gasteiger charge is 2.31. The molecule has 3 rings (SSSR count). The molecule has 0 saturated heterocycles.